The second kappa shape index (κ2) is 4.92. The van der Waals surface area contributed by atoms with Crippen LogP contribution in [0.15, 0.2) is 36.4 Å². The molecule has 2 N–H and O–H groups in total. The predicted octanol–water partition coefficient (Wildman–Crippen LogP) is 1.07. The predicted molar refractivity (Wildman–Crippen MR) is 74.5 cm³/mol. The van der Waals surface area contributed by atoms with Gasteiger partial charge in [0.15, 0.2) is 0 Å². The van der Waals surface area contributed by atoms with Gasteiger partial charge in [0.25, 0.3) is 0 Å². The van der Waals surface area contributed by atoms with Crippen molar-refractivity contribution in [1.82, 2.24) is 9.88 Å². The number of carbonyl (C=O) groups excluding carboxylic acids is 2. The molecular weight excluding hydrogens is 254 g/mol. The average Bonchev–Trinajstić information content (AvgIpc) is 2.80. The summed E-state index contributed by atoms with van der Waals surface area (Å²) in [6, 6.07) is 11.7. The molecule has 0 radical (unpaired) electrons. The summed E-state index contributed by atoms with van der Waals surface area (Å²) in [5.74, 6) is -0.820. The zero-order valence-corrected chi connectivity index (χ0v) is 11.0. The molecule has 102 valence electrons. The first-order valence-corrected chi connectivity index (χ1v) is 6.55. The lowest BCUT2D eigenvalue weighted by Crippen LogP contribution is -2.28. The molecule has 1 aromatic carbocycles. The largest absolute Gasteiger partial charge is 0.369 e. The quantitative estimate of drug-likeness (QED) is 0.905. The smallest absolute Gasteiger partial charge is 0.223 e. The van der Waals surface area contributed by atoms with Crippen LogP contribution in [0.4, 0.5) is 0 Å². The summed E-state index contributed by atoms with van der Waals surface area (Å²) in [4.78, 5) is 29.2. The Labute approximate surface area is 116 Å². The molecule has 1 saturated heterocycles. The van der Waals surface area contributed by atoms with E-state index in [0.29, 0.717) is 13.1 Å². The molecule has 1 unspecified atom stereocenters. The van der Waals surface area contributed by atoms with Crippen LogP contribution in [0, 0.1) is 5.92 Å². The lowest BCUT2D eigenvalue weighted by atomic mass is 10.1. The molecule has 0 aliphatic carbocycles. The van der Waals surface area contributed by atoms with E-state index in [9.17, 15) is 9.59 Å². The molecule has 5 heteroatoms. The van der Waals surface area contributed by atoms with E-state index in [0.717, 1.165) is 16.6 Å². The molecule has 0 saturated carbocycles. The number of aromatic nitrogens is 1. The Bertz CT molecular complexity index is 684. The van der Waals surface area contributed by atoms with Crippen LogP contribution >= 0.6 is 0 Å². The molecule has 2 amide bonds. The summed E-state index contributed by atoms with van der Waals surface area (Å²) in [5, 5.41) is 1.07. The summed E-state index contributed by atoms with van der Waals surface area (Å²) in [6.45, 7) is 0.816. The number of hydrogen-bond donors (Lipinski definition) is 1. The number of hydrogen-bond acceptors (Lipinski definition) is 3. The number of nitrogens with zero attached hydrogens (tertiary/aromatic N) is 2. The van der Waals surface area contributed by atoms with E-state index >= 15 is 0 Å². The van der Waals surface area contributed by atoms with Crippen molar-refractivity contribution in [2.75, 3.05) is 6.54 Å². The molecular formula is C15H15N3O2. The third-order valence-electron chi connectivity index (χ3n) is 3.63. The number of pyridine rings is 1. The highest BCUT2D eigenvalue weighted by atomic mass is 16.2. The van der Waals surface area contributed by atoms with Crippen molar-refractivity contribution in [3.63, 3.8) is 0 Å². The molecule has 3 rings (SSSR count). The molecule has 20 heavy (non-hydrogen) atoms. The van der Waals surface area contributed by atoms with Crippen molar-refractivity contribution in [3.8, 4) is 0 Å². The van der Waals surface area contributed by atoms with Crippen LogP contribution in [0.1, 0.15) is 12.1 Å². The van der Waals surface area contributed by atoms with Gasteiger partial charge >= 0.3 is 0 Å². The van der Waals surface area contributed by atoms with Crippen molar-refractivity contribution < 1.29 is 9.59 Å². The van der Waals surface area contributed by atoms with Crippen molar-refractivity contribution in [2.45, 2.75) is 13.0 Å². The minimum atomic E-state index is -0.410. The fraction of sp³-hybridized carbons (Fsp3) is 0.267. The van der Waals surface area contributed by atoms with E-state index in [1.807, 2.05) is 36.4 Å². The zero-order valence-electron chi connectivity index (χ0n) is 11.0. The fourth-order valence-electron chi connectivity index (χ4n) is 2.51. The number of rotatable bonds is 3. The van der Waals surface area contributed by atoms with Gasteiger partial charge in [-0.1, -0.05) is 24.3 Å². The first-order chi connectivity index (χ1) is 9.63. The van der Waals surface area contributed by atoms with Crippen LogP contribution in [0.3, 0.4) is 0 Å². The molecule has 5 nitrogen and oxygen atoms in total. The highest BCUT2D eigenvalue weighted by Crippen LogP contribution is 2.20. The third-order valence-corrected chi connectivity index (χ3v) is 3.63. The number of likely N-dealkylation sites (tertiary alicyclic amines) is 1. The van der Waals surface area contributed by atoms with Gasteiger partial charge in [0.1, 0.15) is 0 Å². The summed E-state index contributed by atoms with van der Waals surface area (Å²) in [6.07, 6.45) is 0.211. The number of para-hydroxylation sites is 1. The normalized spacial score (nSPS) is 18.7. The van der Waals surface area contributed by atoms with Gasteiger partial charge in [-0.05, 0) is 12.1 Å². The van der Waals surface area contributed by atoms with E-state index < -0.39 is 5.91 Å². The van der Waals surface area contributed by atoms with Gasteiger partial charge in [-0.15, -0.1) is 0 Å². The Kier molecular flexibility index (Phi) is 3.10. The van der Waals surface area contributed by atoms with Gasteiger partial charge < -0.3 is 10.6 Å². The zero-order chi connectivity index (χ0) is 14.1. The Morgan fingerprint density at radius 3 is 2.85 bits per heavy atom. The van der Waals surface area contributed by atoms with Gasteiger partial charge in [-0.2, -0.15) is 0 Å². The van der Waals surface area contributed by atoms with E-state index in [1.54, 1.807) is 4.90 Å². The Balaban J connectivity index is 1.79. The SMILES string of the molecule is NC(=O)C1CC(=O)N(Cc2ccc3ccccc3n2)C1. The number of nitrogens with two attached hydrogens (primary N) is 1. The fourth-order valence-corrected chi connectivity index (χ4v) is 2.51. The number of carbonyl (C=O) groups is 2. The van der Waals surface area contributed by atoms with E-state index in [4.69, 9.17) is 5.73 Å². The Morgan fingerprint density at radius 1 is 1.30 bits per heavy atom. The minimum absolute atomic E-state index is 0.0382. The summed E-state index contributed by atoms with van der Waals surface area (Å²) in [7, 11) is 0. The Morgan fingerprint density at radius 2 is 2.10 bits per heavy atom. The molecule has 1 fully saturated rings. The molecule has 1 atom stereocenters. The maximum absolute atomic E-state index is 11.8. The lowest BCUT2D eigenvalue weighted by molar-refractivity contribution is -0.128. The maximum Gasteiger partial charge on any atom is 0.223 e. The molecule has 1 aliphatic rings. The van der Waals surface area contributed by atoms with Crippen molar-refractivity contribution in [2.24, 2.45) is 11.7 Å². The highest BCUT2D eigenvalue weighted by molar-refractivity contribution is 5.88. The van der Waals surface area contributed by atoms with Crippen molar-refractivity contribution in [1.29, 1.82) is 0 Å². The summed E-state index contributed by atoms with van der Waals surface area (Å²) >= 11 is 0. The Hall–Kier alpha value is -2.43. The molecule has 0 bridgehead atoms. The van der Waals surface area contributed by atoms with Gasteiger partial charge in [-0.25, -0.2) is 0 Å². The average molecular weight is 269 g/mol. The first-order valence-electron chi connectivity index (χ1n) is 6.55. The standard InChI is InChI=1S/C15H15N3O2/c16-15(20)11-7-14(19)18(8-11)9-12-6-5-10-3-1-2-4-13(10)17-12/h1-6,11H,7-9H2,(H2,16,20). The maximum atomic E-state index is 11.8. The van der Waals surface area contributed by atoms with Crippen LogP contribution in [-0.2, 0) is 16.1 Å². The first kappa shape index (κ1) is 12.6. The van der Waals surface area contributed by atoms with Gasteiger partial charge in [0.2, 0.25) is 11.8 Å². The summed E-state index contributed by atoms with van der Waals surface area (Å²) in [5.41, 5.74) is 6.98. The number of primary amides is 1. The molecule has 0 spiro atoms. The van der Waals surface area contributed by atoms with Crippen LogP contribution in [0.25, 0.3) is 10.9 Å². The topological polar surface area (TPSA) is 76.3 Å². The van der Waals surface area contributed by atoms with Crippen molar-refractivity contribution >= 4 is 22.7 Å². The number of amides is 2. The molecule has 2 aromatic rings. The second-order valence-electron chi connectivity index (χ2n) is 5.07. The summed E-state index contributed by atoms with van der Waals surface area (Å²) < 4.78 is 0. The van der Waals surface area contributed by atoms with Crippen LogP contribution in [0.2, 0.25) is 0 Å². The third kappa shape index (κ3) is 2.34. The van der Waals surface area contributed by atoms with Gasteiger partial charge in [-0.3, -0.25) is 14.6 Å². The van der Waals surface area contributed by atoms with Crippen LogP contribution < -0.4 is 5.73 Å². The monoisotopic (exact) mass is 269 g/mol. The van der Waals surface area contributed by atoms with Crippen molar-refractivity contribution in [3.05, 3.63) is 42.1 Å². The van der Waals surface area contributed by atoms with E-state index in [2.05, 4.69) is 4.98 Å². The highest BCUT2D eigenvalue weighted by Gasteiger charge is 2.33. The van der Waals surface area contributed by atoms with Gasteiger partial charge in [0.05, 0.1) is 23.7 Å². The number of fused-ring (bicyclic) bond motifs is 1. The molecule has 1 aromatic heterocycles. The molecule has 2 heterocycles. The second-order valence-corrected chi connectivity index (χ2v) is 5.07. The van der Waals surface area contributed by atoms with Crippen LogP contribution in [0.5, 0.6) is 0 Å². The lowest BCUT2D eigenvalue weighted by Gasteiger charge is -2.15. The van der Waals surface area contributed by atoms with E-state index in [-0.39, 0.29) is 18.2 Å². The van der Waals surface area contributed by atoms with Gasteiger partial charge in [0, 0.05) is 18.4 Å². The van der Waals surface area contributed by atoms with E-state index in [1.165, 1.54) is 0 Å². The van der Waals surface area contributed by atoms with Crippen LogP contribution in [-0.4, -0.2) is 28.2 Å². The minimum Gasteiger partial charge on any atom is -0.369 e. The number of benzene rings is 1. The molecule has 1 aliphatic heterocycles.